The molecule has 1 unspecified atom stereocenters. The molecule has 1 aliphatic rings. The van der Waals surface area contributed by atoms with Crippen molar-refractivity contribution in [2.45, 2.75) is 25.3 Å². The number of imidazole rings is 1. The van der Waals surface area contributed by atoms with Crippen molar-refractivity contribution in [3.05, 3.63) is 18.3 Å². The number of aromatic nitrogens is 4. The van der Waals surface area contributed by atoms with E-state index >= 15 is 0 Å². The second-order valence-electron chi connectivity index (χ2n) is 3.94. The number of nitrogens with zero attached hydrogens (tertiary/aromatic N) is 3. The highest BCUT2D eigenvalue weighted by Gasteiger charge is 2.16. The Hall–Kier alpha value is -1.49. The maximum atomic E-state index is 4.43. The van der Waals surface area contributed by atoms with Crippen LogP contribution < -0.4 is 5.32 Å². The molecule has 78 valence electrons. The number of hydrogen-bond acceptors (Lipinski definition) is 4. The van der Waals surface area contributed by atoms with E-state index in [4.69, 9.17) is 0 Å². The van der Waals surface area contributed by atoms with Gasteiger partial charge in [-0.2, -0.15) is 0 Å². The summed E-state index contributed by atoms with van der Waals surface area (Å²) in [5.41, 5.74) is 1.68. The fourth-order valence-corrected chi connectivity index (χ4v) is 2.07. The van der Waals surface area contributed by atoms with Crippen LogP contribution in [0.1, 0.15) is 18.7 Å². The van der Waals surface area contributed by atoms with Crippen LogP contribution in [0.4, 0.5) is 0 Å². The lowest BCUT2D eigenvalue weighted by atomic mass is 10.1. The Balaban J connectivity index is 1.84. The molecule has 3 heterocycles. The first-order valence-corrected chi connectivity index (χ1v) is 5.30. The molecule has 0 aliphatic carbocycles. The highest BCUT2D eigenvalue weighted by Crippen LogP contribution is 2.12. The zero-order chi connectivity index (χ0) is 10.1. The van der Waals surface area contributed by atoms with Gasteiger partial charge in [0.25, 0.3) is 0 Å². The van der Waals surface area contributed by atoms with Gasteiger partial charge in [0.2, 0.25) is 0 Å². The largest absolute Gasteiger partial charge is 0.339 e. The molecule has 3 rings (SSSR count). The van der Waals surface area contributed by atoms with Crippen molar-refractivity contribution in [1.82, 2.24) is 25.3 Å². The quantitative estimate of drug-likeness (QED) is 0.752. The van der Waals surface area contributed by atoms with Gasteiger partial charge in [0.1, 0.15) is 17.7 Å². The number of fused-ring (bicyclic) bond motifs is 1. The third kappa shape index (κ3) is 1.70. The first-order chi connectivity index (χ1) is 7.42. The molecule has 2 aromatic heterocycles. The smallest absolute Gasteiger partial charge is 0.180 e. The van der Waals surface area contributed by atoms with Gasteiger partial charge in [0.15, 0.2) is 5.65 Å². The Kier molecular flexibility index (Phi) is 2.10. The summed E-state index contributed by atoms with van der Waals surface area (Å²) in [4.78, 5) is 15.7. The number of rotatable bonds is 2. The highest BCUT2D eigenvalue weighted by atomic mass is 15.0. The van der Waals surface area contributed by atoms with E-state index in [1.807, 2.05) is 0 Å². The summed E-state index contributed by atoms with van der Waals surface area (Å²) in [6.45, 7) is 1.13. The summed E-state index contributed by atoms with van der Waals surface area (Å²) in [6, 6.07) is 0.568. The Morgan fingerprint density at radius 2 is 2.47 bits per heavy atom. The topological polar surface area (TPSA) is 66.5 Å². The Bertz CT molecular complexity index is 425. The van der Waals surface area contributed by atoms with Crippen LogP contribution >= 0.6 is 0 Å². The van der Waals surface area contributed by atoms with Crippen LogP contribution in [-0.4, -0.2) is 32.5 Å². The predicted molar refractivity (Wildman–Crippen MR) is 56.4 cm³/mol. The number of aromatic amines is 1. The van der Waals surface area contributed by atoms with Gasteiger partial charge in [-0.25, -0.2) is 15.0 Å². The van der Waals surface area contributed by atoms with Crippen LogP contribution in [0.2, 0.25) is 0 Å². The summed E-state index contributed by atoms with van der Waals surface area (Å²) in [7, 11) is 0. The monoisotopic (exact) mass is 203 g/mol. The van der Waals surface area contributed by atoms with Gasteiger partial charge in [0.05, 0.1) is 6.20 Å². The summed E-state index contributed by atoms with van der Waals surface area (Å²) >= 11 is 0. The van der Waals surface area contributed by atoms with Crippen molar-refractivity contribution >= 4 is 11.2 Å². The number of nitrogens with one attached hydrogen (secondary N) is 2. The first-order valence-electron chi connectivity index (χ1n) is 5.30. The zero-order valence-corrected chi connectivity index (χ0v) is 8.40. The van der Waals surface area contributed by atoms with Crippen molar-refractivity contribution in [3.8, 4) is 0 Å². The second-order valence-corrected chi connectivity index (χ2v) is 3.94. The number of hydrogen-bond donors (Lipinski definition) is 2. The molecule has 5 heteroatoms. The second kappa shape index (κ2) is 3.58. The van der Waals surface area contributed by atoms with Gasteiger partial charge in [0, 0.05) is 12.5 Å². The van der Waals surface area contributed by atoms with Crippen LogP contribution in [0.15, 0.2) is 12.5 Å². The average molecular weight is 203 g/mol. The van der Waals surface area contributed by atoms with Gasteiger partial charge >= 0.3 is 0 Å². The lowest BCUT2D eigenvalue weighted by Crippen LogP contribution is -2.24. The van der Waals surface area contributed by atoms with Crippen molar-refractivity contribution in [2.24, 2.45) is 0 Å². The Morgan fingerprint density at radius 3 is 3.27 bits per heavy atom. The molecule has 1 saturated heterocycles. The van der Waals surface area contributed by atoms with Gasteiger partial charge in [-0.1, -0.05) is 0 Å². The van der Waals surface area contributed by atoms with E-state index in [2.05, 4.69) is 25.3 Å². The van der Waals surface area contributed by atoms with Crippen molar-refractivity contribution in [2.75, 3.05) is 6.54 Å². The van der Waals surface area contributed by atoms with Crippen molar-refractivity contribution in [3.63, 3.8) is 0 Å². The van der Waals surface area contributed by atoms with Crippen LogP contribution in [0.3, 0.4) is 0 Å². The van der Waals surface area contributed by atoms with E-state index in [0.717, 1.165) is 30.0 Å². The summed E-state index contributed by atoms with van der Waals surface area (Å²) in [6.07, 6.45) is 6.76. The molecular formula is C10H13N5. The first kappa shape index (κ1) is 8.79. The van der Waals surface area contributed by atoms with Crippen LogP contribution in [0.5, 0.6) is 0 Å². The van der Waals surface area contributed by atoms with Crippen LogP contribution in [-0.2, 0) is 6.42 Å². The van der Waals surface area contributed by atoms with Crippen LogP contribution in [0.25, 0.3) is 11.2 Å². The van der Waals surface area contributed by atoms with E-state index in [0.29, 0.717) is 6.04 Å². The van der Waals surface area contributed by atoms with E-state index < -0.39 is 0 Å². The van der Waals surface area contributed by atoms with E-state index in [-0.39, 0.29) is 0 Å². The van der Waals surface area contributed by atoms with Crippen molar-refractivity contribution < 1.29 is 0 Å². The van der Waals surface area contributed by atoms with E-state index in [1.165, 1.54) is 19.2 Å². The molecule has 0 aromatic carbocycles. The van der Waals surface area contributed by atoms with Gasteiger partial charge in [-0.3, -0.25) is 0 Å². The minimum atomic E-state index is 0.568. The van der Waals surface area contributed by atoms with Gasteiger partial charge in [-0.05, 0) is 19.4 Å². The third-order valence-corrected chi connectivity index (χ3v) is 2.81. The van der Waals surface area contributed by atoms with E-state index in [1.54, 1.807) is 6.20 Å². The standard InChI is InChI=1S/C10H13N5/c1-2-7(12-3-1)4-9-14-8-5-11-6-13-10(8)15-9/h5-7,12H,1-4H2,(H,11,13,14,15). The summed E-state index contributed by atoms with van der Waals surface area (Å²) in [5, 5.41) is 3.45. The maximum absolute atomic E-state index is 4.43. The summed E-state index contributed by atoms with van der Waals surface area (Å²) in [5.74, 6) is 1.00. The third-order valence-electron chi connectivity index (χ3n) is 2.81. The fourth-order valence-electron chi connectivity index (χ4n) is 2.07. The lowest BCUT2D eigenvalue weighted by molar-refractivity contribution is 0.589. The van der Waals surface area contributed by atoms with Crippen LogP contribution in [0, 0.1) is 0 Å². The average Bonchev–Trinajstić information content (AvgIpc) is 2.86. The maximum Gasteiger partial charge on any atom is 0.180 e. The molecular weight excluding hydrogens is 190 g/mol. The van der Waals surface area contributed by atoms with Crippen molar-refractivity contribution in [1.29, 1.82) is 0 Å². The minimum Gasteiger partial charge on any atom is -0.339 e. The van der Waals surface area contributed by atoms with Gasteiger partial charge < -0.3 is 10.3 Å². The molecule has 0 amide bonds. The van der Waals surface area contributed by atoms with E-state index in [9.17, 15) is 0 Å². The molecule has 2 aromatic rings. The molecule has 15 heavy (non-hydrogen) atoms. The molecule has 0 radical (unpaired) electrons. The summed E-state index contributed by atoms with van der Waals surface area (Å²) < 4.78 is 0. The molecule has 0 bridgehead atoms. The molecule has 1 atom stereocenters. The Morgan fingerprint density at radius 1 is 1.47 bits per heavy atom. The predicted octanol–water partition coefficient (Wildman–Crippen LogP) is 0.647. The minimum absolute atomic E-state index is 0.568. The molecule has 5 nitrogen and oxygen atoms in total. The zero-order valence-electron chi connectivity index (χ0n) is 8.40. The lowest BCUT2D eigenvalue weighted by Gasteiger charge is -2.06. The SMILES string of the molecule is c1ncc2[nH]c(CC3CCCN3)nc2n1. The normalized spacial score (nSPS) is 21.2. The highest BCUT2D eigenvalue weighted by molar-refractivity contribution is 5.68. The molecule has 0 spiro atoms. The molecule has 0 saturated carbocycles. The molecule has 2 N–H and O–H groups in total. The Labute approximate surface area is 87.3 Å². The van der Waals surface area contributed by atoms with Gasteiger partial charge in [-0.15, -0.1) is 0 Å². The molecule has 1 aliphatic heterocycles. The number of H-pyrrole nitrogens is 1. The fraction of sp³-hybridized carbons (Fsp3) is 0.500. The molecule has 1 fully saturated rings.